The standard InChI is InChI=1S/C13H28N2O2/c1-5-11(6-2)15(7-8-16)13(17)12(9-14)10(3)4/h10-12,16H,5-9,14H2,1-4H3. The molecule has 1 unspecified atom stereocenters. The predicted molar refractivity (Wildman–Crippen MR) is 70.6 cm³/mol. The molecule has 0 aliphatic heterocycles. The van der Waals surface area contributed by atoms with Gasteiger partial charge in [0.15, 0.2) is 0 Å². The van der Waals surface area contributed by atoms with Crippen molar-refractivity contribution in [3.63, 3.8) is 0 Å². The third kappa shape index (κ3) is 4.64. The van der Waals surface area contributed by atoms with Crippen molar-refractivity contribution in [3.05, 3.63) is 0 Å². The molecule has 0 aromatic rings. The zero-order valence-corrected chi connectivity index (χ0v) is 11.6. The molecule has 0 rings (SSSR count). The number of aliphatic hydroxyl groups is 1. The van der Waals surface area contributed by atoms with Gasteiger partial charge in [0.05, 0.1) is 12.5 Å². The second kappa shape index (κ2) is 8.48. The maximum atomic E-state index is 12.4. The molecule has 17 heavy (non-hydrogen) atoms. The van der Waals surface area contributed by atoms with Crippen LogP contribution in [-0.2, 0) is 4.79 Å². The highest BCUT2D eigenvalue weighted by molar-refractivity contribution is 5.79. The molecule has 1 atom stereocenters. The first-order valence-corrected chi connectivity index (χ1v) is 6.64. The van der Waals surface area contributed by atoms with E-state index in [1.165, 1.54) is 0 Å². The van der Waals surface area contributed by atoms with Crippen LogP contribution in [0.25, 0.3) is 0 Å². The lowest BCUT2D eigenvalue weighted by Gasteiger charge is -2.34. The lowest BCUT2D eigenvalue weighted by Crippen LogP contribution is -2.47. The minimum atomic E-state index is -0.137. The van der Waals surface area contributed by atoms with Gasteiger partial charge in [0.2, 0.25) is 5.91 Å². The van der Waals surface area contributed by atoms with Crippen LogP contribution in [0.3, 0.4) is 0 Å². The van der Waals surface area contributed by atoms with Crippen LogP contribution < -0.4 is 5.73 Å². The molecule has 0 aliphatic rings. The third-order valence-electron chi connectivity index (χ3n) is 3.38. The monoisotopic (exact) mass is 244 g/mol. The summed E-state index contributed by atoms with van der Waals surface area (Å²) in [5.41, 5.74) is 5.68. The zero-order valence-electron chi connectivity index (χ0n) is 11.6. The van der Waals surface area contributed by atoms with Crippen LogP contribution in [0.4, 0.5) is 0 Å². The average Bonchev–Trinajstić information content (AvgIpc) is 2.29. The first kappa shape index (κ1) is 16.4. The van der Waals surface area contributed by atoms with Crippen LogP contribution in [0.1, 0.15) is 40.5 Å². The fourth-order valence-corrected chi connectivity index (χ4v) is 2.18. The Morgan fingerprint density at radius 1 is 1.29 bits per heavy atom. The summed E-state index contributed by atoms with van der Waals surface area (Å²) in [5, 5.41) is 9.09. The Bertz CT molecular complexity index is 215. The molecular formula is C13H28N2O2. The highest BCUT2D eigenvalue weighted by Gasteiger charge is 2.28. The van der Waals surface area contributed by atoms with Crippen molar-refractivity contribution in [3.8, 4) is 0 Å². The number of hydrogen-bond acceptors (Lipinski definition) is 3. The topological polar surface area (TPSA) is 66.6 Å². The summed E-state index contributed by atoms with van der Waals surface area (Å²) in [6, 6.07) is 0.211. The molecule has 0 radical (unpaired) electrons. The first-order valence-electron chi connectivity index (χ1n) is 6.64. The molecule has 0 aromatic heterocycles. The minimum absolute atomic E-state index is 0.0115. The molecule has 0 aliphatic carbocycles. The van der Waals surface area contributed by atoms with Crippen molar-refractivity contribution in [1.82, 2.24) is 4.90 Å². The van der Waals surface area contributed by atoms with Gasteiger partial charge in [0.1, 0.15) is 0 Å². The molecule has 0 spiro atoms. The Hall–Kier alpha value is -0.610. The maximum Gasteiger partial charge on any atom is 0.227 e. The SMILES string of the molecule is CCC(CC)N(CCO)C(=O)C(CN)C(C)C. The molecule has 0 bridgehead atoms. The third-order valence-corrected chi connectivity index (χ3v) is 3.38. The summed E-state index contributed by atoms with van der Waals surface area (Å²) in [4.78, 5) is 14.2. The van der Waals surface area contributed by atoms with Crippen molar-refractivity contribution >= 4 is 5.91 Å². The normalized spacial score (nSPS) is 13.2. The van der Waals surface area contributed by atoms with E-state index in [1.54, 1.807) is 4.90 Å². The summed E-state index contributed by atoms with van der Waals surface area (Å²) < 4.78 is 0. The molecule has 0 saturated heterocycles. The van der Waals surface area contributed by atoms with Gasteiger partial charge in [-0.15, -0.1) is 0 Å². The molecule has 102 valence electrons. The fraction of sp³-hybridized carbons (Fsp3) is 0.923. The van der Waals surface area contributed by atoms with Crippen LogP contribution >= 0.6 is 0 Å². The molecule has 1 amide bonds. The number of nitrogens with two attached hydrogens (primary N) is 1. The number of hydrogen-bond donors (Lipinski definition) is 2. The summed E-state index contributed by atoms with van der Waals surface area (Å²) >= 11 is 0. The van der Waals surface area contributed by atoms with Gasteiger partial charge in [0.25, 0.3) is 0 Å². The van der Waals surface area contributed by atoms with Crippen LogP contribution in [0.15, 0.2) is 0 Å². The summed E-state index contributed by atoms with van der Waals surface area (Å²) in [5.74, 6) is 0.190. The average molecular weight is 244 g/mol. The van der Waals surface area contributed by atoms with E-state index in [4.69, 9.17) is 10.8 Å². The van der Waals surface area contributed by atoms with E-state index in [-0.39, 0.29) is 30.4 Å². The minimum Gasteiger partial charge on any atom is -0.395 e. The van der Waals surface area contributed by atoms with Crippen molar-refractivity contribution in [2.45, 2.75) is 46.6 Å². The highest BCUT2D eigenvalue weighted by atomic mass is 16.3. The van der Waals surface area contributed by atoms with Crippen molar-refractivity contribution in [1.29, 1.82) is 0 Å². The van der Waals surface area contributed by atoms with E-state index in [0.717, 1.165) is 12.8 Å². The van der Waals surface area contributed by atoms with Crippen molar-refractivity contribution in [2.24, 2.45) is 17.6 Å². The molecule has 4 nitrogen and oxygen atoms in total. The Kier molecular flexibility index (Phi) is 8.17. The van der Waals surface area contributed by atoms with Gasteiger partial charge < -0.3 is 15.7 Å². The van der Waals surface area contributed by atoms with Gasteiger partial charge in [0, 0.05) is 19.1 Å². The van der Waals surface area contributed by atoms with Crippen molar-refractivity contribution < 1.29 is 9.90 Å². The summed E-state index contributed by atoms with van der Waals surface area (Å²) in [7, 11) is 0. The summed E-state index contributed by atoms with van der Waals surface area (Å²) in [6.07, 6.45) is 1.83. The van der Waals surface area contributed by atoms with Gasteiger partial charge in [-0.05, 0) is 18.8 Å². The van der Waals surface area contributed by atoms with Gasteiger partial charge >= 0.3 is 0 Å². The highest BCUT2D eigenvalue weighted by Crippen LogP contribution is 2.17. The smallest absolute Gasteiger partial charge is 0.227 e. The second-order valence-corrected chi connectivity index (χ2v) is 4.81. The van der Waals surface area contributed by atoms with E-state index < -0.39 is 0 Å². The Morgan fingerprint density at radius 3 is 2.12 bits per heavy atom. The molecule has 0 saturated carbocycles. The summed E-state index contributed by atoms with van der Waals surface area (Å²) in [6.45, 7) is 8.96. The van der Waals surface area contributed by atoms with Crippen LogP contribution in [-0.4, -0.2) is 41.7 Å². The lowest BCUT2D eigenvalue weighted by molar-refractivity contribution is -0.139. The Morgan fingerprint density at radius 2 is 1.82 bits per heavy atom. The van der Waals surface area contributed by atoms with Crippen LogP contribution in [0.2, 0.25) is 0 Å². The van der Waals surface area contributed by atoms with Gasteiger partial charge in [-0.25, -0.2) is 0 Å². The van der Waals surface area contributed by atoms with Gasteiger partial charge in [-0.3, -0.25) is 4.79 Å². The fourth-order valence-electron chi connectivity index (χ4n) is 2.18. The molecule has 4 heteroatoms. The number of nitrogens with zero attached hydrogens (tertiary/aromatic N) is 1. The van der Waals surface area contributed by atoms with Gasteiger partial charge in [-0.2, -0.15) is 0 Å². The van der Waals surface area contributed by atoms with E-state index >= 15 is 0 Å². The molecule has 0 aromatic carbocycles. The molecule has 3 N–H and O–H groups in total. The van der Waals surface area contributed by atoms with Gasteiger partial charge in [-0.1, -0.05) is 27.7 Å². The largest absolute Gasteiger partial charge is 0.395 e. The molecule has 0 fully saturated rings. The number of rotatable bonds is 8. The Labute approximate surface area is 105 Å². The van der Waals surface area contributed by atoms with E-state index in [9.17, 15) is 4.79 Å². The Balaban J connectivity index is 4.84. The van der Waals surface area contributed by atoms with E-state index in [1.807, 2.05) is 13.8 Å². The maximum absolute atomic E-state index is 12.4. The predicted octanol–water partition coefficient (Wildman–Crippen LogP) is 1.23. The zero-order chi connectivity index (χ0) is 13.4. The van der Waals surface area contributed by atoms with Crippen LogP contribution in [0.5, 0.6) is 0 Å². The second-order valence-electron chi connectivity index (χ2n) is 4.81. The van der Waals surface area contributed by atoms with Crippen LogP contribution in [0, 0.1) is 11.8 Å². The van der Waals surface area contributed by atoms with E-state index in [0.29, 0.717) is 13.1 Å². The number of carbonyl (C=O) groups is 1. The van der Waals surface area contributed by atoms with E-state index in [2.05, 4.69) is 13.8 Å². The quantitative estimate of drug-likeness (QED) is 0.675. The van der Waals surface area contributed by atoms with Crippen molar-refractivity contribution in [2.75, 3.05) is 19.7 Å². The first-order chi connectivity index (χ1) is 8.03. The molecule has 0 heterocycles. The number of aliphatic hydroxyl groups excluding tert-OH is 1. The molecular weight excluding hydrogens is 216 g/mol. The number of amides is 1. The number of carbonyl (C=O) groups excluding carboxylic acids is 1. The lowest BCUT2D eigenvalue weighted by atomic mass is 9.93.